The number of benzene rings is 3. The second-order valence-electron chi connectivity index (χ2n) is 6.40. The van der Waals surface area contributed by atoms with Crippen molar-refractivity contribution in [2.45, 2.75) is 13.2 Å². The minimum Gasteiger partial charge on any atom is -0.493 e. The van der Waals surface area contributed by atoms with Crippen LogP contribution in [0.25, 0.3) is 0 Å². The molecule has 0 aromatic heterocycles. The first kappa shape index (κ1) is 21.1. The molecule has 0 heterocycles. The molecule has 3 aromatic rings. The molecule has 0 atom stereocenters. The number of amides is 1. The standard InChI is InChI=1S/C23H21F2NO4/c1-28-22-11-17(7-9-21(22)29-14-16-5-3-2-4-6-16)13-26-23(27)15-30-20-10-8-18(24)12-19(20)25/h2-12H,13-15H2,1H3,(H,26,27). The average molecular weight is 413 g/mol. The van der Waals surface area contributed by atoms with E-state index in [1.165, 1.54) is 7.11 Å². The Morgan fingerprint density at radius 2 is 1.63 bits per heavy atom. The van der Waals surface area contributed by atoms with Gasteiger partial charge in [-0.1, -0.05) is 36.4 Å². The average Bonchev–Trinajstić information content (AvgIpc) is 2.76. The van der Waals surface area contributed by atoms with E-state index in [4.69, 9.17) is 14.2 Å². The first-order chi connectivity index (χ1) is 14.5. The Kier molecular flexibility index (Phi) is 7.21. The van der Waals surface area contributed by atoms with Crippen molar-refractivity contribution in [3.63, 3.8) is 0 Å². The van der Waals surface area contributed by atoms with Crippen LogP contribution in [-0.2, 0) is 17.9 Å². The van der Waals surface area contributed by atoms with Gasteiger partial charge in [0.25, 0.3) is 5.91 Å². The summed E-state index contributed by atoms with van der Waals surface area (Å²) in [5, 5.41) is 2.67. The van der Waals surface area contributed by atoms with Gasteiger partial charge >= 0.3 is 0 Å². The number of hydrogen-bond donors (Lipinski definition) is 1. The summed E-state index contributed by atoms with van der Waals surface area (Å²) in [7, 11) is 1.54. The van der Waals surface area contributed by atoms with Crippen molar-refractivity contribution in [1.29, 1.82) is 0 Å². The van der Waals surface area contributed by atoms with E-state index in [2.05, 4.69) is 5.32 Å². The molecule has 0 spiro atoms. The third kappa shape index (κ3) is 5.94. The van der Waals surface area contributed by atoms with Gasteiger partial charge in [-0.05, 0) is 35.4 Å². The van der Waals surface area contributed by atoms with Gasteiger partial charge in [0.2, 0.25) is 0 Å². The van der Waals surface area contributed by atoms with Gasteiger partial charge in [-0.3, -0.25) is 4.79 Å². The van der Waals surface area contributed by atoms with E-state index in [9.17, 15) is 13.6 Å². The lowest BCUT2D eigenvalue weighted by atomic mass is 10.2. The van der Waals surface area contributed by atoms with Crippen LogP contribution in [0, 0.1) is 11.6 Å². The molecule has 1 N–H and O–H groups in total. The first-order valence-electron chi connectivity index (χ1n) is 9.23. The van der Waals surface area contributed by atoms with Crippen LogP contribution in [0.3, 0.4) is 0 Å². The smallest absolute Gasteiger partial charge is 0.258 e. The summed E-state index contributed by atoms with van der Waals surface area (Å²) in [6.07, 6.45) is 0. The van der Waals surface area contributed by atoms with Crippen LogP contribution in [-0.4, -0.2) is 19.6 Å². The zero-order valence-corrected chi connectivity index (χ0v) is 16.4. The van der Waals surface area contributed by atoms with E-state index in [0.717, 1.165) is 23.3 Å². The number of carbonyl (C=O) groups excluding carboxylic acids is 1. The van der Waals surface area contributed by atoms with Crippen molar-refractivity contribution in [1.82, 2.24) is 5.32 Å². The number of hydrogen-bond acceptors (Lipinski definition) is 4. The van der Waals surface area contributed by atoms with Crippen LogP contribution < -0.4 is 19.5 Å². The lowest BCUT2D eigenvalue weighted by molar-refractivity contribution is -0.123. The summed E-state index contributed by atoms with van der Waals surface area (Å²) in [5.74, 6) is -1.07. The highest BCUT2D eigenvalue weighted by Crippen LogP contribution is 2.29. The molecule has 0 aliphatic rings. The Balaban J connectivity index is 1.51. The van der Waals surface area contributed by atoms with Crippen molar-refractivity contribution in [3.05, 3.63) is 89.5 Å². The fourth-order valence-electron chi connectivity index (χ4n) is 2.66. The van der Waals surface area contributed by atoms with Gasteiger partial charge in [-0.15, -0.1) is 0 Å². The number of ether oxygens (including phenoxy) is 3. The van der Waals surface area contributed by atoms with Crippen LogP contribution in [0.15, 0.2) is 66.7 Å². The van der Waals surface area contributed by atoms with Gasteiger partial charge in [0.1, 0.15) is 12.4 Å². The van der Waals surface area contributed by atoms with E-state index < -0.39 is 24.1 Å². The molecule has 0 bridgehead atoms. The SMILES string of the molecule is COc1cc(CNC(=O)COc2ccc(F)cc2F)ccc1OCc1ccccc1. The van der Waals surface area contributed by atoms with Crippen molar-refractivity contribution < 1.29 is 27.8 Å². The normalized spacial score (nSPS) is 10.4. The second-order valence-corrected chi connectivity index (χ2v) is 6.40. The van der Waals surface area contributed by atoms with Gasteiger partial charge in [-0.25, -0.2) is 8.78 Å². The molecule has 0 aliphatic carbocycles. The van der Waals surface area contributed by atoms with Gasteiger partial charge < -0.3 is 19.5 Å². The monoisotopic (exact) mass is 413 g/mol. The van der Waals surface area contributed by atoms with Gasteiger partial charge in [0, 0.05) is 12.6 Å². The van der Waals surface area contributed by atoms with Crippen LogP contribution in [0.5, 0.6) is 17.2 Å². The quantitative estimate of drug-likeness (QED) is 0.570. The third-order valence-electron chi connectivity index (χ3n) is 4.21. The Bertz CT molecular complexity index is 996. The summed E-state index contributed by atoms with van der Waals surface area (Å²) >= 11 is 0. The highest BCUT2D eigenvalue weighted by atomic mass is 19.1. The topological polar surface area (TPSA) is 56.8 Å². The largest absolute Gasteiger partial charge is 0.493 e. The summed E-state index contributed by atoms with van der Waals surface area (Å²) in [6, 6.07) is 18.0. The Hall–Kier alpha value is -3.61. The molecule has 0 fully saturated rings. The maximum absolute atomic E-state index is 13.5. The molecule has 0 saturated carbocycles. The third-order valence-corrected chi connectivity index (χ3v) is 4.21. The molecular weight excluding hydrogens is 392 g/mol. The number of rotatable bonds is 9. The number of methoxy groups -OCH3 is 1. The second kappa shape index (κ2) is 10.2. The maximum Gasteiger partial charge on any atom is 0.258 e. The molecular formula is C23H21F2NO4. The van der Waals surface area contributed by atoms with E-state index in [1.807, 2.05) is 36.4 Å². The van der Waals surface area contributed by atoms with E-state index in [0.29, 0.717) is 24.2 Å². The first-order valence-corrected chi connectivity index (χ1v) is 9.23. The molecule has 1 amide bonds. The minimum absolute atomic E-state index is 0.187. The van der Waals surface area contributed by atoms with E-state index >= 15 is 0 Å². The summed E-state index contributed by atoms with van der Waals surface area (Å²) in [5.41, 5.74) is 1.83. The van der Waals surface area contributed by atoms with E-state index in [-0.39, 0.29) is 12.3 Å². The molecule has 0 unspecified atom stereocenters. The van der Waals surface area contributed by atoms with Crippen LogP contribution >= 0.6 is 0 Å². The van der Waals surface area contributed by atoms with Crippen LogP contribution in [0.4, 0.5) is 8.78 Å². The lowest BCUT2D eigenvalue weighted by Gasteiger charge is -2.13. The minimum atomic E-state index is -0.862. The Morgan fingerprint density at radius 1 is 0.867 bits per heavy atom. The zero-order chi connectivity index (χ0) is 21.3. The van der Waals surface area contributed by atoms with E-state index in [1.54, 1.807) is 12.1 Å². The van der Waals surface area contributed by atoms with Gasteiger partial charge in [0.05, 0.1) is 7.11 Å². The molecule has 30 heavy (non-hydrogen) atoms. The maximum atomic E-state index is 13.5. The molecule has 5 nitrogen and oxygen atoms in total. The van der Waals surface area contributed by atoms with Crippen molar-refractivity contribution >= 4 is 5.91 Å². The van der Waals surface area contributed by atoms with Crippen LogP contribution in [0.1, 0.15) is 11.1 Å². The lowest BCUT2D eigenvalue weighted by Crippen LogP contribution is -2.28. The summed E-state index contributed by atoms with van der Waals surface area (Å²) in [4.78, 5) is 12.0. The fraction of sp³-hybridized carbons (Fsp3) is 0.174. The molecule has 0 aliphatic heterocycles. The fourth-order valence-corrected chi connectivity index (χ4v) is 2.66. The number of halogens is 2. The van der Waals surface area contributed by atoms with Crippen molar-refractivity contribution in [2.24, 2.45) is 0 Å². The molecule has 0 saturated heterocycles. The highest BCUT2D eigenvalue weighted by molar-refractivity contribution is 5.77. The molecule has 0 radical (unpaired) electrons. The number of carbonyl (C=O) groups is 1. The van der Waals surface area contributed by atoms with Crippen molar-refractivity contribution in [3.8, 4) is 17.2 Å². The van der Waals surface area contributed by atoms with Gasteiger partial charge in [-0.2, -0.15) is 0 Å². The molecule has 156 valence electrons. The number of nitrogens with one attached hydrogen (secondary N) is 1. The molecule has 7 heteroatoms. The molecule has 3 rings (SSSR count). The predicted octanol–water partition coefficient (Wildman–Crippen LogP) is 4.25. The molecule has 3 aromatic carbocycles. The van der Waals surface area contributed by atoms with Crippen molar-refractivity contribution in [2.75, 3.05) is 13.7 Å². The highest BCUT2D eigenvalue weighted by Gasteiger charge is 2.10. The zero-order valence-electron chi connectivity index (χ0n) is 16.4. The Morgan fingerprint density at radius 3 is 2.37 bits per heavy atom. The Labute approximate surface area is 173 Å². The van der Waals surface area contributed by atoms with Crippen LogP contribution in [0.2, 0.25) is 0 Å². The summed E-state index contributed by atoms with van der Waals surface area (Å²) < 4.78 is 42.7. The van der Waals surface area contributed by atoms with Gasteiger partial charge in [0.15, 0.2) is 29.7 Å². The summed E-state index contributed by atoms with van der Waals surface area (Å²) in [6.45, 7) is 0.242. The predicted molar refractivity (Wildman–Crippen MR) is 107 cm³/mol.